The Labute approximate surface area is 134 Å². The first-order chi connectivity index (χ1) is 10.6. The highest BCUT2D eigenvalue weighted by molar-refractivity contribution is 7.91. The van der Waals surface area contributed by atoms with E-state index in [9.17, 15) is 8.42 Å². The average Bonchev–Trinajstić information content (AvgIpc) is 3.13. The van der Waals surface area contributed by atoms with E-state index in [0.29, 0.717) is 25.3 Å². The second-order valence-corrected chi connectivity index (χ2v) is 8.34. The van der Waals surface area contributed by atoms with E-state index in [4.69, 9.17) is 4.74 Å². The molecule has 1 aliphatic heterocycles. The lowest BCUT2D eigenvalue weighted by Gasteiger charge is -2.11. The van der Waals surface area contributed by atoms with E-state index in [1.165, 1.54) is 0 Å². The van der Waals surface area contributed by atoms with Crippen LogP contribution in [0.2, 0.25) is 0 Å². The van der Waals surface area contributed by atoms with E-state index >= 15 is 0 Å². The predicted molar refractivity (Wildman–Crippen MR) is 86.8 cm³/mol. The van der Waals surface area contributed by atoms with Crippen LogP contribution in [0.1, 0.15) is 17.7 Å². The highest BCUT2D eigenvalue weighted by atomic mass is 32.2. The summed E-state index contributed by atoms with van der Waals surface area (Å²) in [4.78, 5) is 4.17. The zero-order chi connectivity index (χ0) is 15.4. The zero-order valence-corrected chi connectivity index (χ0v) is 13.7. The van der Waals surface area contributed by atoms with Gasteiger partial charge in [0.25, 0.3) is 0 Å². The minimum Gasteiger partial charge on any atom is -0.487 e. The van der Waals surface area contributed by atoms with Gasteiger partial charge in [-0.3, -0.25) is 0 Å². The SMILES string of the molecule is O=S1(=O)CC[C@@H](NCc2ccc(OCc3cscn3)cc2)C1. The fourth-order valence-corrected chi connectivity index (χ4v) is 4.64. The van der Waals surface area contributed by atoms with Gasteiger partial charge in [-0.15, -0.1) is 11.3 Å². The van der Waals surface area contributed by atoms with Crippen LogP contribution in [-0.4, -0.2) is 30.9 Å². The first kappa shape index (κ1) is 15.5. The van der Waals surface area contributed by atoms with Crippen molar-refractivity contribution >= 4 is 21.2 Å². The fourth-order valence-electron chi connectivity index (χ4n) is 2.39. The Morgan fingerprint density at radius 2 is 2.14 bits per heavy atom. The molecule has 1 aliphatic rings. The number of rotatable bonds is 6. The first-order valence-electron chi connectivity index (χ1n) is 7.13. The van der Waals surface area contributed by atoms with Gasteiger partial charge in [0.2, 0.25) is 0 Å². The molecule has 1 aromatic heterocycles. The molecule has 1 atom stereocenters. The quantitative estimate of drug-likeness (QED) is 0.872. The largest absolute Gasteiger partial charge is 0.487 e. The van der Waals surface area contributed by atoms with Crippen molar-refractivity contribution in [2.75, 3.05) is 11.5 Å². The number of aromatic nitrogens is 1. The van der Waals surface area contributed by atoms with Gasteiger partial charge in [-0.25, -0.2) is 13.4 Å². The second kappa shape index (κ2) is 6.76. The third-order valence-corrected chi connectivity index (χ3v) is 6.02. The molecule has 1 aromatic carbocycles. The third kappa shape index (κ3) is 4.28. The van der Waals surface area contributed by atoms with Crippen LogP contribution in [-0.2, 0) is 23.0 Å². The molecule has 1 N–H and O–H groups in total. The van der Waals surface area contributed by atoms with Crippen LogP contribution < -0.4 is 10.1 Å². The Hall–Kier alpha value is -1.44. The zero-order valence-electron chi connectivity index (χ0n) is 12.1. The maximum absolute atomic E-state index is 11.4. The molecule has 0 radical (unpaired) electrons. The van der Waals surface area contributed by atoms with Gasteiger partial charge < -0.3 is 10.1 Å². The standard InChI is InChI=1S/C15H18N2O3S2/c18-22(19)6-5-13(10-22)16-7-12-1-3-15(4-2-12)20-8-14-9-21-11-17-14/h1-4,9,11,13,16H,5-8,10H2/t13-/m1/s1. The summed E-state index contributed by atoms with van der Waals surface area (Å²) < 4.78 is 28.5. The van der Waals surface area contributed by atoms with Crippen LogP contribution in [0.5, 0.6) is 5.75 Å². The Bertz CT molecular complexity index is 697. The molecule has 1 saturated heterocycles. The number of benzene rings is 1. The summed E-state index contributed by atoms with van der Waals surface area (Å²) in [6.45, 7) is 1.15. The molecular weight excluding hydrogens is 320 g/mol. The van der Waals surface area contributed by atoms with Gasteiger partial charge >= 0.3 is 0 Å². The summed E-state index contributed by atoms with van der Waals surface area (Å²) in [7, 11) is -2.82. The lowest BCUT2D eigenvalue weighted by atomic mass is 10.2. The maximum Gasteiger partial charge on any atom is 0.151 e. The second-order valence-electron chi connectivity index (χ2n) is 5.39. The molecule has 0 bridgehead atoms. The summed E-state index contributed by atoms with van der Waals surface area (Å²) in [5, 5.41) is 5.26. The highest BCUT2D eigenvalue weighted by Gasteiger charge is 2.27. The predicted octanol–water partition coefficient (Wildman–Crippen LogP) is 2.00. The number of sulfone groups is 1. The molecular formula is C15H18N2O3S2. The van der Waals surface area contributed by atoms with Crippen molar-refractivity contribution in [1.82, 2.24) is 10.3 Å². The molecule has 1 fully saturated rings. The third-order valence-electron chi connectivity index (χ3n) is 3.62. The van der Waals surface area contributed by atoms with E-state index in [0.717, 1.165) is 17.0 Å². The van der Waals surface area contributed by atoms with Crippen molar-refractivity contribution in [3.05, 3.63) is 46.4 Å². The minimum atomic E-state index is -2.82. The fraction of sp³-hybridized carbons (Fsp3) is 0.400. The van der Waals surface area contributed by atoms with Crippen molar-refractivity contribution < 1.29 is 13.2 Å². The average molecular weight is 338 g/mol. The lowest BCUT2D eigenvalue weighted by Crippen LogP contribution is -2.29. The van der Waals surface area contributed by atoms with Gasteiger partial charge in [0.05, 0.1) is 22.7 Å². The Balaban J connectivity index is 1.47. The van der Waals surface area contributed by atoms with Crippen LogP contribution in [0.3, 0.4) is 0 Å². The van der Waals surface area contributed by atoms with Crippen LogP contribution in [0, 0.1) is 0 Å². The van der Waals surface area contributed by atoms with Gasteiger partial charge in [-0.05, 0) is 24.1 Å². The van der Waals surface area contributed by atoms with Crippen molar-refractivity contribution in [2.45, 2.75) is 25.6 Å². The van der Waals surface area contributed by atoms with Crippen molar-refractivity contribution in [2.24, 2.45) is 0 Å². The molecule has 7 heteroatoms. The van der Waals surface area contributed by atoms with Crippen molar-refractivity contribution in [3.63, 3.8) is 0 Å². The van der Waals surface area contributed by atoms with Crippen molar-refractivity contribution in [1.29, 1.82) is 0 Å². The number of hydrogen-bond acceptors (Lipinski definition) is 6. The van der Waals surface area contributed by atoms with Crippen LogP contribution >= 0.6 is 11.3 Å². The molecule has 118 valence electrons. The Morgan fingerprint density at radius 1 is 1.32 bits per heavy atom. The molecule has 0 amide bonds. The monoisotopic (exact) mass is 338 g/mol. The molecule has 0 aliphatic carbocycles. The van der Waals surface area contributed by atoms with Gasteiger partial charge in [-0.1, -0.05) is 12.1 Å². The van der Waals surface area contributed by atoms with E-state index in [1.807, 2.05) is 29.6 Å². The number of ether oxygens (including phenoxy) is 1. The Morgan fingerprint density at radius 3 is 2.77 bits per heavy atom. The van der Waals surface area contributed by atoms with E-state index in [-0.39, 0.29) is 11.8 Å². The molecule has 0 unspecified atom stereocenters. The van der Waals surface area contributed by atoms with Crippen LogP contribution in [0.15, 0.2) is 35.2 Å². The summed E-state index contributed by atoms with van der Waals surface area (Å²) in [6.07, 6.45) is 0.706. The summed E-state index contributed by atoms with van der Waals surface area (Å²) in [6, 6.07) is 7.91. The Kier molecular flexibility index (Phi) is 4.75. The minimum absolute atomic E-state index is 0.0746. The number of nitrogens with one attached hydrogen (secondary N) is 1. The van der Waals surface area contributed by atoms with Crippen LogP contribution in [0.25, 0.3) is 0 Å². The van der Waals surface area contributed by atoms with Gasteiger partial charge in [0.15, 0.2) is 9.84 Å². The molecule has 2 aromatic rings. The normalized spacial score (nSPS) is 20.1. The molecule has 5 nitrogen and oxygen atoms in total. The van der Waals surface area contributed by atoms with Crippen LogP contribution in [0.4, 0.5) is 0 Å². The topological polar surface area (TPSA) is 68.3 Å². The molecule has 0 saturated carbocycles. The maximum atomic E-state index is 11.4. The summed E-state index contributed by atoms with van der Waals surface area (Å²) in [5.41, 5.74) is 3.83. The van der Waals surface area contributed by atoms with Gasteiger partial charge in [-0.2, -0.15) is 0 Å². The number of nitrogens with zero attached hydrogens (tertiary/aromatic N) is 1. The molecule has 22 heavy (non-hydrogen) atoms. The molecule has 3 rings (SSSR count). The smallest absolute Gasteiger partial charge is 0.151 e. The summed E-state index contributed by atoms with van der Waals surface area (Å²) >= 11 is 1.55. The summed E-state index contributed by atoms with van der Waals surface area (Å²) in [5.74, 6) is 1.36. The molecule has 2 heterocycles. The van der Waals surface area contributed by atoms with E-state index < -0.39 is 9.84 Å². The highest BCUT2D eigenvalue weighted by Crippen LogP contribution is 2.16. The van der Waals surface area contributed by atoms with E-state index in [1.54, 1.807) is 16.8 Å². The number of hydrogen-bond donors (Lipinski definition) is 1. The number of thiazole rings is 1. The van der Waals surface area contributed by atoms with Gasteiger partial charge in [0, 0.05) is 18.0 Å². The van der Waals surface area contributed by atoms with Gasteiger partial charge in [0.1, 0.15) is 12.4 Å². The molecule has 0 spiro atoms. The van der Waals surface area contributed by atoms with Crippen molar-refractivity contribution in [3.8, 4) is 5.75 Å². The lowest BCUT2D eigenvalue weighted by molar-refractivity contribution is 0.302. The van der Waals surface area contributed by atoms with E-state index in [2.05, 4.69) is 10.3 Å². The first-order valence-corrected chi connectivity index (χ1v) is 9.90.